The first-order valence-electron chi connectivity index (χ1n) is 8.26. The second-order valence-corrected chi connectivity index (χ2v) is 6.82. The minimum atomic E-state index is -0.236. The van der Waals surface area contributed by atoms with E-state index in [0.717, 1.165) is 23.5 Å². The molecule has 0 aliphatic carbocycles. The average Bonchev–Trinajstić information content (AvgIpc) is 3.41. The number of thiophene rings is 1. The molecular formula is C18H16N4O3S. The summed E-state index contributed by atoms with van der Waals surface area (Å²) in [5.74, 6) is 0.755. The molecule has 4 rings (SSSR count). The van der Waals surface area contributed by atoms with Gasteiger partial charge in [-0.1, -0.05) is 11.2 Å². The predicted octanol–water partition coefficient (Wildman–Crippen LogP) is 2.85. The Balaban J connectivity index is 1.37. The van der Waals surface area contributed by atoms with Crippen LogP contribution < -0.4 is 10.2 Å². The van der Waals surface area contributed by atoms with E-state index in [1.54, 1.807) is 29.2 Å². The molecule has 132 valence electrons. The van der Waals surface area contributed by atoms with Gasteiger partial charge in [-0.3, -0.25) is 9.59 Å². The van der Waals surface area contributed by atoms with Crippen LogP contribution in [0.2, 0.25) is 0 Å². The molecule has 2 amide bonds. The fraction of sp³-hybridized carbons (Fsp3) is 0.222. The summed E-state index contributed by atoms with van der Waals surface area (Å²) in [6.45, 7) is 0.887. The molecule has 0 saturated carbocycles. The number of hydrogen-bond acceptors (Lipinski definition) is 6. The molecule has 1 aliphatic rings. The average molecular weight is 368 g/mol. The number of anilines is 1. The Morgan fingerprint density at radius 2 is 2.12 bits per heavy atom. The van der Waals surface area contributed by atoms with Crippen molar-refractivity contribution in [3.8, 4) is 10.7 Å². The van der Waals surface area contributed by atoms with Crippen LogP contribution in [0.4, 0.5) is 5.69 Å². The van der Waals surface area contributed by atoms with Gasteiger partial charge in [-0.15, -0.1) is 11.3 Å². The lowest BCUT2D eigenvalue weighted by Crippen LogP contribution is -2.25. The Morgan fingerprint density at radius 1 is 1.27 bits per heavy atom. The molecule has 7 nitrogen and oxygen atoms in total. The quantitative estimate of drug-likeness (QED) is 0.748. The Bertz CT molecular complexity index is 918. The molecule has 1 aliphatic heterocycles. The smallest absolute Gasteiger partial charge is 0.251 e. The van der Waals surface area contributed by atoms with Gasteiger partial charge < -0.3 is 14.7 Å². The maximum atomic E-state index is 12.3. The van der Waals surface area contributed by atoms with E-state index in [1.807, 2.05) is 17.5 Å². The highest BCUT2D eigenvalue weighted by Gasteiger charge is 2.21. The zero-order valence-electron chi connectivity index (χ0n) is 13.8. The Labute approximate surface area is 153 Å². The lowest BCUT2D eigenvalue weighted by atomic mass is 10.2. The molecule has 8 heteroatoms. The van der Waals surface area contributed by atoms with Crippen LogP contribution in [0.3, 0.4) is 0 Å². The number of carbonyl (C=O) groups excluding carboxylic acids is 2. The van der Waals surface area contributed by atoms with E-state index in [2.05, 4.69) is 15.5 Å². The van der Waals surface area contributed by atoms with Gasteiger partial charge in [0, 0.05) is 24.2 Å². The molecular weight excluding hydrogens is 352 g/mol. The van der Waals surface area contributed by atoms with Crippen molar-refractivity contribution in [2.24, 2.45) is 0 Å². The van der Waals surface area contributed by atoms with Gasteiger partial charge in [-0.25, -0.2) is 0 Å². The fourth-order valence-corrected chi connectivity index (χ4v) is 3.45. The lowest BCUT2D eigenvalue weighted by Gasteiger charge is -2.15. The third-order valence-electron chi connectivity index (χ3n) is 4.12. The highest BCUT2D eigenvalue weighted by atomic mass is 32.1. The number of nitrogens with one attached hydrogen (secondary N) is 1. The first kappa shape index (κ1) is 16.5. The van der Waals surface area contributed by atoms with Crippen LogP contribution in [0.1, 0.15) is 29.1 Å². The highest BCUT2D eigenvalue weighted by Crippen LogP contribution is 2.22. The highest BCUT2D eigenvalue weighted by molar-refractivity contribution is 7.13. The molecule has 1 fully saturated rings. The summed E-state index contributed by atoms with van der Waals surface area (Å²) in [6.07, 6.45) is 1.46. The third kappa shape index (κ3) is 3.36. The molecule has 0 spiro atoms. The van der Waals surface area contributed by atoms with Crippen LogP contribution >= 0.6 is 11.3 Å². The number of rotatable bonds is 5. The first-order valence-corrected chi connectivity index (χ1v) is 9.14. The first-order chi connectivity index (χ1) is 12.7. The molecule has 0 radical (unpaired) electrons. The van der Waals surface area contributed by atoms with Crippen molar-refractivity contribution in [3.05, 3.63) is 53.2 Å². The van der Waals surface area contributed by atoms with Crippen LogP contribution in [-0.2, 0) is 11.3 Å². The van der Waals surface area contributed by atoms with E-state index in [4.69, 9.17) is 4.52 Å². The van der Waals surface area contributed by atoms with E-state index in [0.29, 0.717) is 23.7 Å². The Hall–Kier alpha value is -3.00. The molecule has 1 saturated heterocycles. The molecule has 26 heavy (non-hydrogen) atoms. The van der Waals surface area contributed by atoms with Gasteiger partial charge in [-0.05, 0) is 42.1 Å². The van der Waals surface area contributed by atoms with Gasteiger partial charge >= 0.3 is 0 Å². The summed E-state index contributed by atoms with van der Waals surface area (Å²) in [6, 6.07) is 10.8. The number of benzene rings is 1. The second kappa shape index (κ2) is 7.09. The standard InChI is InChI=1S/C18H16N4O3S/c23-16-4-1-9-22(16)13-7-5-12(6-8-13)18(24)19-11-15-20-17(21-25-15)14-3-2-10-26-14/h2-3,5-8,10H,1,4,9,11H2,(H,19,24). The molecule has 1 aromatic carbocycles. The number of carbonyl (C=O) groups is 2. The minimum absolute atomic E-state index is 0.125. The maximum absolute atomic E-state index is 12.3. The number of hydrogen-bond donors (Lipinski definition) is 1. The van der Waals surface area contributed by atoms with E-state index in [9.17, 15) is 9.59 Å². The van der Waals surface area contributed by atoms with Crippen molar-refractivity contribution in [1.29, 1.82) is 0 Å². The van der Waals surface area contributed by atoms with E-state index in [1.165, 1.54) is 11.3 Å². The Kier molecular flexibility index (Phi) is 4.49. The summed E-state index contributed by atoms with van der Waals surface area (Å²) in [4.78, 5) is 31.0. The summed E-state index contributed by atoms with van der Waals surface area (Å²) in [7, 11) is 0. The Morgan fingerprint density at radius 3 is 2.81 bits per heavy atom. The molecule has 3 heterocycles. The van der Waals surface area contributed by atoms with Gasteiger partial charge in [0.05, 0.1) is 11.4 Å². The zero-order valence-corrected chi connectivity index (χ0v) is 14.7. The van der Waals surface area contributed by atoms with Crippen LogP contribution in [0.15, 0.2) is 46.3 Å². The number of amides is 2. The van der Waals surface area contributed by atoms with Crippen molar-refractivity contribution in [2.45, 2.75) is 19.4 Å². The number of aromatic nitrogens is 2. The van der Waals surface area contributed by atoms with E-state index >= 15 is 0 Å². The van der Waals surface area contributed by atoms with Crippen LogP contribution in [0.25, 0.3) is 10.7 Å². The summed E-state index contributed by atoms with van der Waals surface area (Å²) in [5, 5.41) is 8.60. The normalized spacial score (nSPS) is 14.0. The number of nitrogens with zero attached hydrogens (tertiary/aromatic N) is 3. The SMILES string of the molecule is O=C(NCc1nc(-c2cccs2)no1)c1ccc(N2CCCC2=O)cc1. The van der Waals surface area contributed by atoms with Gasteiger partial charge in [0.15, 0.2) is 0 Å². The predicted molar refractivity (Wildman–Crippen MR) is 96.8 cm³/mol. The van der Waals surface area contributed by atoms with Gasteiger partial charge in [0.1, 0.15) is 0 Å². The monoisotopic (exact) mass is 368 g/mol. The summed E-state index contributed by atoms with van der Waals surface area (Å²) in [5.41, 5.74) is 1.33. The minimum Gasteiger partial charge on any atom is -0.343 e. The van der Waals surface area contributed by atoms with Crippen LogP contribution in [-0.4, -0.2) is 28.5 Å². The van der Waals surface area contributed by atoms with Gasteiger partial charge in [0.2, 0.25) is 17.6 Å². The lowest BCUT2D eigenvalue weighted by molar-refractivity contribution is -0.117. The molecule has 0 atom stereocenters. The van der Waals surface area contributed by atoms with Crippen molar-refractivity contribution in [3.63, 3.8) is 0 Å². The van der Waals surface area contributed by atoms with Gasteiger partial charge in [-0.2, -0.15) is 4.98 Å². The molecule has 0 bridgehead atoms. The second-order valence-electron chi connectivity index (χ2n) is 5.87. The van der Waals surface area contributed by atoms with Crippen LogP contribution in [0, 0.1) is 0 Å². The van der Waals surface area contributed by atoms with Crippen LogP contribution in [0.5, 0.6) is 0 Å². The summed E-state index contributed by atoms with van der Waals surface area (Å²) >= 11 is 1.52. The maximum Gasteiger partial charge on any atom is 0.251 e. The summed E-state index contributed by atoms with van der Waals surface area (Å²) < 4.78 is 5.16. The largest absolute Gasteiger partial charge is 0.343 e. The van der Waals surface area contributed by atoms with Gasteiger partial charge in [0.25, 0.3) is 5.91 Å². The molecule has 0 unspecified atom stereocenters. The molecule has 1 N–H and O–H groups in total. The molecule has 2 aromatic heterocycles. The van der Waals surface area contributed by atoms with E-state index < -0.39 is 0 Å². The van der Waals surface area contributed by atoms with E-state index in [-0.39, 0.29) is 18.4 Å². The zero-order chi connectivity index (χ0) is 17.9. The van der Waals surface area contributed by atoms with Crippen molar-refractivity contribution < 1.29 is 14.1 Å². The van der Waals surface area contributed by atoms with Crippen molar-refractivity contribution in [2.75, 3.05) is 11.4 Å². The van der Waals surface area contributed by atoms with Crippen molar-refractivity contribution >= 4 is 28.8 Å². The third-order valence-corrected chi connectivity index (χ3v) is 4.99. The topological polar surface area (TPSA) is 88.3 Å². The fourth-order valence-electron chi connectivity index (χ4n) is 2.80. The molecule has 3 aromatic rings. The van der Waals surface area contributed by atoms with Crippen molar-refractivity contribution in [1.82, 2.24) is 15.5 Å².